The van der Waals surface area contributed by atoms with Crippen molar-refractivity contribution in [3.05, 3.63) is 144 Å². The molecule has 1 N–H and O–H groups in total. The monoisotopic (exact) mass is 677 g/mol. The summed E-state index contributed by atoms with van der Waals surface area (Å²) < 4.78 is 6.93. The molecule has 1 atom stereocenters. The molecule has 4 aromatic rings. The Morgan fingerprint density at radius 1 is 0.600 bits per heavy atom. The van der Waals surface area contributed by atoms with Crippen molar-refractivity contribution in [1.82, 2.24) is 0 Å². The Labute approximate surface area is 305 Å². The van der Waals surface area contributed by atoms with Crippen LogP contribution in [0.4, 0.5) is 0 Å². The molecule has 0 saturated carbocycles. The topological polar surface area (TPSA) is 52.5 Å². The molecule has 1 unspecified atom stereocenters. The number of hydrogen-bond acceptors (Lipinski definition) is 3. The lowest BCUT2D eigenvalue weighted by molar-refractivity contribution is -0.903. The zero-order valence-corrected chi connectivity index (χ0v) is 31.5. The van der Waals surface area contributed by atoms with E-state index in [1.54, 1.807) is 0 Å². The minimum absolute atomic E-state index is 0.142. The van der Waals surface area contributed by atoms with E-state index in [1.807, 2.05) is 91.0 Å². The molecule has 0 aliphatic carbocycles. The molecule has 0 aliphatic rings. The summed E-state index contributed by atoms with van der Waals surface area (Å²) in [7, 11) is 2.59. The first kappa shape index (κ1) is 41.2. The third kappa shape index (κ3) is 14.2. The number of unbranched alkanes of at least 4 members (excludes halogenated alkanes) is 11. The van der Waals surface area contributed by atoms with Crippen LogP contribution in [-0.2, 0) is 16.8 Å². The second-order valence-electron chi connectivity index (χ2n) is 14.5. The Kier molecular flexibility index (Phi) is 19.2. The summed E-state index contributed by atoms with van der Waals surface area (Å²) in [6, 6.07) is 40.2. The second kappa shape index (κ2) is 23.3. The lowest BCUT2D eigenvalue weighted by Gasteiger charge is -2.44. The third-order valence-electron chi connectivity index (χ3n) is 9.86. The van der Waals surface area contributed by atoms with Crippen LogP contribution in [-0.4, -0.2) is 37.5 Å². The highest BCUT2D eigenvalue weighted by atomic mass is 16.6. The summed E-state index contributed by atoms with van der Waals surface area (Å²) in [5.74, 6) is -0.142. The summed E-state index contributed by atoms with van der Waals surface area (Å²) in [5.41, 5.74) is 3.12. The van der Waals surface area contributed by atoms with Crippen molar-refractivity contribution in [2.24, 2.45) is 0 Å². The molecule has 0 aromatic heterocycles. The summed E-state index contributed by atoms with van der Waals surface area (Å²) in [4.78, 5) is 0. The Hall–Kier alpha value is -3.22. The predicted octanol–water partition coefficient (Wildman–Crippen LogP) is 10.4. The van der Waals surface area contributed by atoms with Crippen LogP contribution in [0.15, 0.2) is 121 Å². The van der Waals surface area contributed by atoms with Crippen molar-refractivity contribution in [1.29, 1.82) is 0 Å². The molecule has 0 saturated heterocycles. The van der Waals surface area contributed by atoms with E-state index in [0.717, 1.165) is 34.1 Å². The summed E-state index contributed by atoms with van der Waals surface area (Å²) in [6.45, 7) is 6.81. The number of hydrogen-bond donors (Lipinski definition) is 1. The van der Waals surface area contributed by atoms with Gasteiger partial charge in [-0.3, -0.25) is 0 Å². The van der Waals surface area contributed by atoms with Gasteiger partial charge in [0.2, 0.25) is 0 Å². The average Bonchev–Trinajstić information content (AvgIpc) is 3.13. The van der Waals surface area contributed by atoms with Gasteiger partial charge in [-0.25, -0.2) is 0 Å². The fraction of sp³-hybridized carbons (Fsp3) is 0.467. The lowest BCUT2D eigenvalue weighted by Crippen LogP contribution is -2.48. The Bertz CT molecular complexity index is 1340. The predicted molar refractivity (Wildman–Crippen MR) is 210 cm³/mol. The van der Waals surface area contributed by atoms with Gasteiger partial charge >= 0.3 is 7.32 Å². The quantitative estimate of drug-likeness (QED) is 0.0512. The minimum Gasteiger partial charge on any atom is -0.832 e. The van der Waals surface area contributed by atoms with Gasteiger partial charge in [0.05, 0.1) is 20.6 Å². The van der Waals surface area contributed by atoms with Gasteiger partial charge in [0.1, 0.15) is 12.1 Å². The van der Waals surface area contributed by atoms with Crippen molar-refractivity contribution >= 4 is 7.32 Å². The van der Waals surface area contributed by atoms with Crippen LogP contribution >= 0.6 is 0 Å². The highest BCUT2D eigenvalue weighted by Crippen LogP contribution is 2.47. The molecule has 0 fully saturated rings. The molecule has 0 bridgehead atoms. The molecule has 0 radical (unpaired) electrons. The molecule has 4 aromatic carbocycles. The number of rotatable bonds is 22. The van der Waals surface area contributed by atoms with E-state index in [2.05, 4.69) is 58.3 Å². The molecular weight excluding hydrogens is 613 g/mol. The number of benzene rings is 4. The SMILES string of the molecule is CCC(c1ccccc1)C(OB([O-])O)(c1ccccc1)c1ccccc1.CCCCCCCCCCCCCC[N+](C)(C)Cc1ccccc1. The van der Waals surface area contributed by atoms with Gasteiger partial charge < -0.3 is 19.2 Å². The van der Waals surface area contributed by atoms with E-state index in [0.29, 0.717) is 0 Å². The van der Waals surface area contributed by atoms with Crippen LogP contribution in [0.25, 0.3) is 0 Å². The zero-order valence-electron chi connectivity index (χ0n) is 31.5. The van der Waals surface area contributed by atoms with Gasteiger partial charge in [-0.2, -0.15) is 0 Å². The van der Waals surface area contributed by atoms with E-state index in [9.17, 15) is 10.0 Å². The first-order chi connectivity index (χ1) is 24.3. The lowest BCUT2D eigenvalue weighted by atomic mass is 9.71. The summed E-state index contributed by atoms with van der Waals surface area (Å²) >= 11 is 0. The van der Waals surface area contributed by atoms with Crippen molar-refractivity contribution in [3.63, 3.8) is 0 Å². The van der Waals surface area contributed by atoms with E-state index in [-0.39, 0.29) is 5.92 Å². The van der Waals surface area contributed by atoms with Gasteiger partial charge in [0, 0.05) is 11.5 Å². The van der Waals surface area contributed by atoms with Gasteiger partial charge in [0.25, 0.3) is 0 Å². The Balaban J connectivity index is 0.000000272. The van der Waals surface area contributed by atoms with Crippen LogP contribution in [0.1, 0.15) is 125 Å². The van der Waals surface area contributed by atoms with Crippen LogP contribution < -0.4 is 5.02 Å². The maximum atomic E-state index is 11.9. The number of nitrogens with zero attached hydrogens (tertiary/aromatic N) is 1. The molecule has 0 heterocycles. The summed E-state index contributed by atoms with van der Waals surface area (Å²) in [6.07, 6.45) is 17.9. The zero-order chi connectivity index (χ0) is 35.9. The third-order valence-corrected chi connectivity index (χ3v) is 9.86. The largest absolute Gasteiger partial charge is 0.832 e. The highest BCUT2D eigenvalue weighted by Gasteiger charge is 2.43. The smallest absolute Gasteiger partial charge is 0.343 e. The van der Waals surface area contributed by atoms with E-state index in [4.69, 9.17) is 4.65 Å². The molecule has 0 spiro atoms. The molecule has 0 aliphatic heterocycles. The second-order valence-corrected chi connectivity index (χ2v) is 14.5. The Morgan fingerprint density at radius 3 is 1.42 bits per heavy atom. The highest BCUT2D eigenvalue weighted by molar-refractivity contribution is 6.30. The first-order valence-electron chi connectivity index (χ1n) is 19.4. The Morgan fingerprint density at radius 2 is 1.00 bits per heavy atom. The molecule has 5 heteroatoms. The van der Waals surface area contributed by atoms with E-state index in [1.165, 1.54) is 89.2 Å². The maximum Gasteiger partial charge on any atom is 0.343 e. The molecule has 50 heavy (non-hydrogen) atoms. The first-order valence-corrected chi connectivity index (χ1v) is 19.4. The standard InChI is InChI=1S/C23H42N.C22H22BO3/c1-4-5-6-7-8-9-10-11-12-13-14-18-21-24(2,3)22-23-19-16-15-17-20-23;1-2-21(18-12-6-3-7-13-18)22(26-23(24)25,19-14-8-4-9-15-19)20-16-10-5-11-17-20/h15-17,19-20H,4-14,18,21-22H2,1-3H3;3-17,21,24H,2H2,1H3/q+1;-1. The molecule has 0 amide bonds. The van der Waals surface area contributed by atoms with E-state index >= 15 is 0 Å². The van der Waals surface area contributed by atoms with E-state index < -0.39 is 12.9 Å². The van der Waals surface area contributed by atoms with Crippen LogP contribution in [0.3, 0.4) is 0 Å². The maximum absolute atomic E-state index is 11.9. The van der Waals surface area contributed by atoms with Crippen molar-refractivity contribution < 1.29 is 19.2 Å². The van der Waals surface area contributed by atoms with Crippen molar-refractivity contribution in [3.8, 4) is 0 Å². The van der Waals surface area contributed by atoms with Gasteiger partial charge in [-0.05, 0) is 36.0 Å². The fourth-order valence-electron chi connectivity index (χ4n) is 7.30. The molecule has 4 rings (SSSR count). The van der Waals surface area contributed by atoms with Crippen molar-refractivity contribution in [2.45, 2.75) is 115 Å². The number of quaternary nitrogens is 1. The molecular formula is C45H64BNO3. The fourth-order valence-corrected chi connectivity index (χ4v) is 7.30. The summed E-state index contributed by atoms with van der Waals surface area (Å²) in [5, 5.41) is 21.6. The van der Waals surface area contributed by atoms with Crippen LogP contribution in [0.2, 0.25) is 0 Å². The van der Waals surface area contributed by atoms with Crippen LogP contribution in [0.5, 0.6) is 0 Å². The minimum atomic E-state index is -2.15. The average molecular weight is 678 g/mol. The molecule has 270 valence electrons. The van der Waals surface area contributed by atoms with Crippen molar-refractivity contribution in [2.75, 3.05) is 20.6 Å². The van der Waals surface area contributed by atoms with Gasteiger partial charge in [-0.15, -0.1) is 0 Å². The van der Waals surface area contributed by atoms with Crippen LogP contribution in [0, 0.1) is 0 Å². The van der Waals surface area contributed by atoms with Gasteiger partial charge in [0.15, 0.2) is 0 Å². The van der Waals surface area contributed by atoms with Gasteiger partial charge in [-0.1, -0.05) is 199 Å². The normalized spacial score (nSPS) is 12.2. The molecule has 4 nitrogen and oxygen atoms in total.